The van der Waals surface area contributed by atoms with Gasteiger partial charge in [0.05, 0.1) is 25.2 Å². The third kappa shape index (κ3) is 4.38. The topological polar surface area (TPSA) is 79.0 Å². The van der Waals surface area contributed by atoms with Gasteiger partial charge in [0.1, 0.15) is 0 Å². The normalized spacial score (nSPS) is 16.6. The van der Waals surface area contributed by atoms with Crippen LogP contribution < -0.4 is 14.5 Å². The van der Waals surface area contributed by atoms with Gasteiger partial charge < -0.3 is 15.0 Å². The summed E-state index contributed by atoms with van der Waals surface area (Å²) in [6.45, 7) is 4.10. The summed E-state index contributed by atoms with van der Waals surface area (Å²) >= 11 is 0. The fourth-order valence-corrected chi connectivity index (χ4v) is 4.72. The van der Waals surface area contributed by atoms with Crippen molar-refractivity contribution in [2.24, 2.45) is 0 Å². The number of anilines is 2. The number of amides is 1. The van der Waals surface area contributed by atoms with Crippen LogP contribution in [0.4, 0.5) is 11.4 Å². The van der Waals surface area contributed by atoms with E-state index < -0.39 is 10.0 Å². The molecular weight excluding hydrogens is 390 g/mol. The van der Waals surface area contributed by atoms with Gasteiger partial charge in [0, 0.05) is 37.4 Å². The Balaban J connectivity index is 1.40. The quantitative estimate of drug-likeness (QED) is 0.805. The molecule has 29 heavy (non-hydrogen) atoms. The van der Waals surface area contributed by atoms with Gasteiger partial charge in [0.25, 0.3) is 5.91 Å². The molecule has 1 N–H and O–H groups in total. The van der Waals surface area contributed by atoms with Crippen LogP contribution in [0.1, 0.15) is 21.5 Å². The smallest absolute Gasteiger partial charge is 0.251 e. The van der Waals surface area contributed by atoms with Gasteiger partial charge in [-0.2, -0.15) is 0 Å². The van der Waals surface area contributed by atoms with Crippen LogP contribution >= 0.6 is 0 Å². The molecule has 2 aliphatic rings. The van der Waals surface area contributed by atoms with Crippen LogP contribution in [0, 0.1) is 0 Å². The number of fused-ring (bicyclic) bond motifs is 1. The zero-order valence-electron chi connectivity index (χ0n) is 16.4. The van der Waals surface area contributed by atoms with Crippen LogP contribution in [-0.2, 0) is 27.7 Å². The molecule has 2 heterocycles. The van der Waals surface area contributed by atoms with Gasteiger partial charge in [0.15, 0.2) is 0 Å². The summed E-state index contributed by atoms with van der Waals surface area (Å²) in [6, 6.07) is 13.4. The highest BCUT2D eigenvalue weighted by Crippen LogP contribution is 2.31. The van der Waals surface area contributed by atoms with E-state index >= 15 is 0 Å². The molecule has 1 saturated heterocycles. The number of morpholine rings is 1. The van der Waals surface area contributed by atoms with Crippen LogP contribution in [0.5, 0.6) is 0 Å². The van der Waals surface area contributed by atoms with E-state index in [2.05, 4.69) is 22.3 Å². The van der Waals surface area contributed by atoms with Crippen LogP contribution in [0.25, 0.3) is 0 Å². The highest BCUT2D eigenvalue weighted by atomic mass is 32.2. The van der Waals surface area contributed by atoms with Crippen LogP contribution in [0.15, 0.2) is 42.5 Å². The van der Waals surface area contributed by atoms with E-state index in [1.165, 1.54) is 10.6 Å². The molecule has 2 aliphatic heterocycles. The van der Waals surface area contributed by atoms with Crippen molar-refractivity contribution in [3.63, 3.8) is 0 Å². The van der Waals surface area contributed by atoms with E-state index in [9.17, 15) is 13.2 Å². The second-order valence-corrected chi connectivity index (χ2v) is 9.28. The molecule has 0 unspecified atom stereocenters. The number of hydrogen-bond donors (Lipinski definition) is 1. The molecule has 0 aliphatic carbocycles. The number of hydrogen-bond acceptors (Lipinski definition) is 5. The number of ether oxygens (including phenoxy) is 1. The Morgan fingerprint density at radius 2 is 1.79 bits per heavy atom. The van der Waals surface area contributed by atoms with Gasteiger partial charge in [-0.1, -0.05) is 18.2 Å². The predicted molar refractivity (Wildman–Crippen MR) is 113 cm³/mol. The van der Waals surface area contributed by atoms with Crippen LogP contribution in [0.3, 0.4) is 0 Å². The van der Waals surface area contributed by atoms with Crippen LogP contribution in [0.2, 0.25) is 0 Å². The summed E-state index contributed by atoms with van der Waals surface area (Å²) in [5.74, 6) is -0.217. The minimum absolute atomic E-state index is 0.217. The molecule has 4 rings (SSSR count). The summed E-state index contributed by atoms with van der Waals surface area (Å²) in [6.07, 6.45) is 1.86. The molecule has 1 fully saturated rings. The van der Waals surface area contributed by atoms with Crippen molar-refractivity contribution in [3.8, 4) is 0 Å². The average Bonchev–Trinajstić information content (AvgIpc) is 3.17. The highest BCUT2D eigenvalue weighted by molar-refractivity contribution is 7.92. The van der Waals surface area contributed by atoms with Gasteiger partial charge in [0.2, 0.25) is 10.0 Å². The first-order valence-electron chi connectivity index (χ1n) is 9.72. The largest absolute Gasteiger partial charge is 0.378 e. The van der Waals surface area contributed by atoms with E-state index in [1.807, 2.05) is 18.2 Å². The number of sulfonamides is 1. The van der Waals surface area contributed by atoms with E-state index in [0.717, 1.165) is 43.1 Å². The Kier molecular flexibility index (Phi) is 5.47. The molecule has 0 radical (unpaired) electrons. The first kappa shape index (κ1) is 19.7. The second kappa shape index (κ2) is 8.04. The Hall–Kier alpha value is -2.58. The van der Waals surface area contributed by atoms with Crippen molar-refractivity contribution in [2.75, 3.05) is 48.3 Å². The predicted octanol–water partition coefficient (Wildman–Crippen LogP) is 1.78. The maximum absolute atomic E-state index is 12.6. The zero-order chi connectivity index (χ0) is 20.4. The maximum atomic E-state index is 12.6. The van der Waals surface area contributed by atoms with Crippen molar-refractivity contribution < 1.29 is 17.9 Å². The number of nitrogens with zero attached hydrogens (tertiary/aromatic N) is 2. The summed E-state index contributed by atoms with van der Waals surface area (Å²) in [7, 11) is -3.34. The minimum Gasteiger partial charge on any atom is -0.378 e. The number of benzene rings is 2. The molecule has 0 spiro atoms. The standard InChI is InChI=1S/C21H25N3O4S/c1-29(26,27)24-9-8-17-4-5-18(14-20(17)24)21(25)22-15-16-2-6-19(7-3-16)23-10-12-28-13-11-23/h2-7,14H,8-13,15H2,1H3,(H,22,25). The third-order valence-electron chi connectivity index (χ3n) is 5.37. The highest BCUT2D eigenvalue weighted by Gasteiger charge is 2.27. The van der Waals surface area contributed by atoms with Crippen molar-refractivity contribution in [3.05, 3.63) is 59.2 Å². The van der Waals surface area contributed by atoms with Crippen molar-refractivity contribution >= 4 is 27.3 Å². The minimum atomic E-state index is -3.34. The molecule has 7 nitrogen and oxygen atoms in total. The lowest BCUT2D eigenvalue weighted by atomic mass is 10.1. The van der Waals surface area contributed by atoms with Crippen molar-refractivity contribution in [1.82, 2.24) is 5.32 Å². The number of carbonyl (C=O) groups is 1. The lowest BCUT2D eigenvalue weighted by Gasteiger charge is -2.28. The van der Waals surface area contributed by atoms with E-state index in [1.54, 1.807) is 12.1 Å². The lowest BCUT2D eigenvalue weighted by Crippen LogP contribution is -2.36. The molecule has 0 aromatic heterocycles. The fourth-order valence-electron chi connectivity index (χ4n) is 3.77. The summed E-state index contributed by atoms with van der Waals surface area (Å²) < 4.78 is 30.6. The molecule has 0 bridgehead atoms. The second-order valence-electron chi connectivity index (χ2n) is 7.38. The first-order valence-corrected chi connectivity index (χ1v) is 11.6. The Labute approximate surface area is 171 Å². The molecule has 0 atom stereocenters. The average molecular weight is 416 g/mol. The molecule has 8 heteroatoms. The van der Waals surface area contributed by atoms with E-state index in [0.29, 0.717) is 30.8 Å². The van der Waals surface area contributed by atoms with Crippen LogP contribution in [-0.4, -0.2) is 53.4 Å². The van der Waals surface area contributed by atoms with Crippen molar-refractivity contribution in [1.29, 1.82) is 0 Å². The Morgan fingerprint density at radius 3 is 2.48 bits per heavy atom. The molecule has 1 amide bonds. The monoisotopic (exact) mass is 415 g/mol. The Bertz CT molecular complexity index is 999. The number of carbonyl (C=O) groups excluding carboxylic acids is 1. The van der Waals surface area contributed by atoms with E-state index in [-0.39, 0.29) is 5.91 Å². The van der Waals surface area contributed by atoms with Gasteiger partial charge in [-0.05, 0) is 41.8 Å². The molecule has 2 aromatic carbocycles. The van der Waals surface area contributed by atoms with Gasteiger partial charge in [-0.3, -0.25) is 9.10 Å². The lowest BCUT2D eigenvalue weighted by molar-refractivity contribution is 0.0951. The maximum Gasteiger partial charge on any atom is 0.251 e. The SMILES string of the molecule is CS(=O)(=O)N1CCc2ccc(C(=O)NCc3ccc(N4CCOCC4)cc3)cc21. The third-order valence-corrected chi connectivity index (χ3v) is 6.55. The van der Waals surface area contributed by atoms with Gasteiger partial charge >= 0.3 is 0 Å². The van der Waals surface area contributed by atoms with E-state index in [4.69, 9.17) is 4.74 Å². The van der Waals surface area contributed by atoms with Crippen molar-refractivity contribution in [2.45, 2.75) is 13.0 Å². The zero-order valence-corrected chi connectivity index (χ0v) is 17.2. The molecule has 2 aromatic rings. The summed E-state index contributed by atoms with van der Waals surface area (Å²) in [5, 5.41) is 2.92. The Morgan fingerprint density at radius 1 is 1.07 bits per heavy atom. The molecular formula is C21H25N3O4S. The number of nitrogens with one attached hydrogen (secondary N) is 1. The molecule has 0 saturated carbocycles. The van der Waals surface area contributed by atoms with Gasteiger partial charge in [-0.25, -0.2) is 8.42 Å². The summed E-state index contributed by atoms with van der Waals surface area (Å²) in [5.41, 5.74) is 4.18. The summed E-state index contributed by atoms with van der Waals surface area (Å²) in [4.78, 5) is 14.9. The number of rotatable bonds is 5. The fraction of sp³-hybridized carbons (Fsp3) is 0.381. The first-order chi connectivity index (χ1) is 13.9. The van der Waals surface area contributed by atoms with Gasteiger partial charge in [-0.15, -0.1) is 0 Å². The molecule has 154 valence electrons.